The van der Waals surface area contributed by atoms with Crippen molar-refractivity contribution in [1.82, 2.24) is 4.98 Å². The molecule has 1 rings (SSSR count). The third-order valence-electron chi connectivity index (χ3n) is 1.25. The molecule has 0 amide bonds. The fourth-order valence-corrected chi connectivity index (χ4v) is 1.36. The van der Waals surface area contributed by atoms with Gasteiger partial charge in [-0.05, 0) is 12.1 Å². The Labute approximate surface area is 72.1 Å². The van der Waals surface area contributed by atoms with E-state index in [4.69, 9.17) is 0 Å². The number of aromatic nitrogens is 1. The van der Waals surface area contributed by atoms with Crippen molar-refractivity contribution in [2.75, 3.05) is 0 Å². The Hall–Kier alpha value is -1.11. The summed E-state index contributed by atoms with van der Waals surface area (Å²) < 4.78 is 57.1. The quantitative estimate of drug-likeness (QED) is 0.704. The number of hydrogen-bond acceptors (Lipinski definition) is 3. The molecule has 0 bridgehead atoms. The van der Waals surface area contributed by atoms with E-state index >= 15 is 0 Å². The van der Waals surface area contributed by atoms with Crippen molar-refractivity contribution in [2.24, 2.45) is 0 Å². The molecule has 0 fully saturated rings. The van der Waals surface area contributed by atoms with Crippen molar-refractivity contribution >= 4 is 9.84 Å². The summed E-state index contributed by atoms with van der Waals surface area (Å²) in [4.78, 5) is 2.44. The second-order valence-corrected chi connectivity index (χ2v) is 4.08. The molecule has 13 heavy (non-hydrogen) atoms. The normalized spacial score (nSPS) is 12.8. The number of rotatable bonds is 1. The van der Waals surface area contributed by atoms with Crippen molar-refractivity contribution in [2.45, 2.75) is 10.4 Å². The summed E-state index contributed by atoms with van der Waals surface area (Å²) in [6.07, 6.45) is 1.85. The monoisotopic (exact) mass is 211 g/mol. The van der Waals surface area contributed by atoms with Gasteiger partial charge in [0, 0.05) is 12.4 Å². The third-order valence-corrected chi connectivity index (χ3v) is 2.72. The number of nitrogens with zero attached hydrogens (tertiary/aromatic N) is 1. The molecule has 0 aliphatic carbocycles. The van der Waals surface area contributed by atoms with E-state index in [9.17, 15) is 21.6 Å². The van der Waals surface area contributed by atoms with E-state index in [0.717, 1.165) is 12.1 Å². The first-order chi connectivity index (χ1) is 5.86. The minimum Gasteiger partial charge on any atom is -0.263 e. The molecule has 0 unspecified atom stereocenters. The van der Waals surface area contributed by atoms with E-state index in [1.165, 1.54) is 6.20 Å². The number of pyridine rings is 1. The van der Waals surface area contributed by atoms with Gasteiger partial charge in [-0.1, -0.05) is 0 Å². The molecule has 0 saturated carbocycles. The van der Waals surface area contributed by atoms with Gasteiger partial charge in [0.15, 0.2) is 0 Å². The molecule has 0 aliphatic rings. The first-order valence-electron chi connectivity index (χ1n) is 3.07. The third kappa shape index (κ3) is 1.80. The molecular formula is C6H4F3NO2S. The molecule has 1 aromatic heterocycles. The zero-order chi connectivity index (χ0) is 10.1. The smallest absolute Gasteiger partial charge is 0.263 e. The molecule has 72 valence electrons. The predicted octanol–water partition coefficient (Wildman–Crippen LogP) is 1.38. The van der Waals surface area contributed by atoms with Crippen LogP contribution in [0, 0.1) is 0 Å². The maximum atomic E-state index is 11.9. The van der Waals surface area contributed by atoms with Crippen LogP contribution in [0.2, 0.25) is 0 Å². The highest BCUT2D eigenvalue weighted by atomic mass is 32.2. The van der Waals surface area contributed by atoms with Crippen molar-refractivity contribution in [3.05, 3.63) is 24.5 Å². The van der Waals surface area contributed by atoms with Crippen LogP contribution in [0.4, 0.5) is 13.2 Å². The van der Waals surface area contributed by atoms with Gasteiger partial charge in [-0.2, -0.15) is 13.2 Å². The molecule has 0 atom stereocenters. The fourth-order valence-electron chi connectivity index (χ4n) is 0.640. The molecule has 7 heteroatoms. The molecule has 0 saturated heterocycles. The van der Waals surface area contributed by atoms with Crippen LogP contribution in [-0.2, 0) is 9.84 Å². The Morgan fingerprint density at radius 2 is 1.92 bits per heavy atom. The van der Waals surface area contributed by atoms with E-state index in [1.54, 1.807) is 0 Å². The van der Waals surface area contributed by atoms with Crippen LogP contribution in [0.15, 0.2) is 29.4 Å². The van der Waals surface area contributed by atoms with Crippen molar-refractivity contribution in [3.8, 4) is 0 Å². The Morgan fingerprint density at radius 3 is 2.31 bits per heavy atom. The molecule has 3 nitrogen and oxygen atoms in total. The van der Waals surface area contributed by atoms with Gasteiger partial charge in [-0.3, -0.25) is 4.98 Å². The number of halogens is 3. The predicted molar refractivity (Wildman–Crippen MR) is 37.5 cm³/mol. The van der Waals surface area contributed by atoms with Gasteiger partial charge in [0.1, 0.15) is 0 Å². The van der Waals surface area contributed by atoms with Gasteiger partial charge in [-0.25, -0.2) is 8.42 Å². The number of alkyl halides is 3. The van der Waals surface area contributed by atoms with Crippen LogP contribution < -0.4 is 0 Å². The van der Waals surface area contributed by atoms with E-state index in [-0.39, 0.29) is 0 Å². The zero-order valence-corrected chi connectivity index (χ0v) is 6.93. The minimum absolute atomic E-state index is 0.656. The molecule has 0 aliphatic heterocycles. The lowest BCUT2D eigenvalue weighted by atomic mass is 10.5. The molecular weight excluding hydrogens is 207 g/mol. The van der Waals surface area contributed by atoms with E-state index in [2.05, 4.69) is 4.98 Å². The van der Waals surface area contributed by atoms with Crippen LogP contribution in [-0.4, -0.2) is 18.9 Å². The van der Waals surface area contributed by atoms with Crippen LogP contribution in [0.25, 0.3) is 0 Å². The average molecular weight is 211 g/mol. The summed E-state index contributed by atoms with van der Waals surface area (Å²) in [5.41, 5.74) is -5.27. The maximum Gasteiger partial charge on any atom is 0.501 e. The lowest BCUT2D eigenvalue weighted by Crippen LogP contribution is -2.23. The largest absolute Gasteiger partial charge is 0.501 e. The van der Waals surface area contributed by atoms with Gasteiger partial charge in [0.2, 0.25) is 0 Å². The Morgan fingerprint density at radius 1 is 1.31 bits per heavy atom. The van der Waals surface area contributed by atoms with Gasteiger partial charge in [-0.15, -0.1) is 0 Å². The fraction of sp³-hybridized carbons (Fsp3) is 0.167. The van der Waals surface area contributed by atoms with Crippen LogP contribution >= 0.6 is 0 Å². The Bertz CT molecular complexity index is 384. The lowest BCUT2D eigenvalue weighted by molar-refractivity contribution is -0.0436. The van der Waals surface area contributed by atoms with Gasteiger partial charge in [0.25, 0.3) is 9.84 Å². The molecule has 0 N–H and O–H groups in total. The average Bonchev–Trinajstić information content (AvgIpc) is 2.04. The summed E-state index contributed by atoms with van der Waals surface area (Å²) in [6, 6.07) is 1.97. The first-order valence-corrected chi connectivity index (χ1v) is 4.55. The van der Waals surface area contributed by atoms with Gasteiger partial charge >= 0.3 is 5.51 Å². The number of hydrogen-bond donors (Lipinski definition) is 0. The maximum absolute atomic E-state index is 11.9. The summed E-state index contributed by atoms with van der Waals surface area (Å²) in [5.74, 6) is 0. The topological polar surface area (TPSA) is 47.0 Å². The second-order valence-electron chi connectivity index (χ2n) is 2.14. The number of sulfone groups is 1. The van der Waals surface area contributed by atoms with Crippen molar-refractivity contribution in [1.29, 1.82) is 0 Å². The minimum atomic E-state index is -5.27. The van der Waals surface area contributed by atoms with Crippen LogP contribution in [0.1, 0.15) is 0 Å². The molecule has 0 aromatic carbocycles. The van der Waals surface area contributed by atoms with Crippen LogP contribution in [0.5, 0.6) is 0 Å². The van der Waals surface area contributed by atoms with Gasteiger partial charge < -0.3 is 0 Å². The van der Waals surface area contributed by atoms with E-state index < -0.39 is 20.2 Å². The Balaban J connectivity index is 3.26. The highest BCUT2D eigenvalue weighted by molar-refractivity contribution is 7.92. The Kier molecular flexibility index (Phi) is 2.29. The summed E-state index contributed by atoms with van der Waals surface area (Å²) in [6.45, 7) is 0. The second kappa shape index (κ2) is 2.99. The van der Waals surface area contributed by atoms with E-state index in [1.807, 2.05) is 0 Å². The zero-order valence-electron chi connectivity index (χ0n) is 6.12. The molecule has 1 heterocycles. The summed E-state index contributed by atoms with van der Waals surface area (Å²) in [7, 11) is -5.24. The lowest BCUT2D eigenvalue weighted by Gasteiger charge is -2.06. The molecule has 1 aromatic rings. The van der Waals surface area contributed by atoms with Crippen molar-refractivity contribution < 1.29 is 21.6 Å². The molecule has 0 spiro atoms. The van der Waals surface area contributed by atoms with Gasteiger partial charge in [0.05, 0.1) is 4.90 Å². The highest BCUT2D eigenvalue weighted by Crippen LogP contribution is 2.29. The molecule has 0 radical (unpaired) electrons. The SMILES string of the molecule is O=S(=O)(c1cccnc1)C(F)(F)F. The standard InChI is InChI=1S/C6H4F3NO2S/c7-6(8,9)13(11,12)5-2-1-3-10-4-5/h1-4H. The van der Waals surface area contributed by atoms with Crippen LogP contribution in [0.3, 0.4) is 0 Å². The summed E-state index contributed by atoms with van der Waals surface area (Å²) in [5, 5.41) is 0. The highest BCUT2D eigenvalue weighted by Gasteiger charge is 2.46. The first kappa shape index (κ1) is 9.97. The van der Waals surface area contributed by atoms with E-state index in [0.29, 0.717) is 6.20 Å². The summed E-state index contributed by atoms with van der Waals surface area (Å²) >= 11 is 0. The van der Waals surface area contributed by atoms with Crippen molar-refractivity contribution in [3.63, 3.8) is 0 Å².